The average molecular weight is 358 g/mol. The van der Waals surface area contributed by atoms with Gasteiger partial charge in [-0.25, -0.2) is 9.48 Å². The van der Waals surface area contributed by atoms with Crippen molar-refractivity contribution in [2.24, 2.45) is 0 Å². The molecule has 0 saturated heterocycles. The van der Waals surface area contributed by atoms with Crippen LogP contribution in [0.15, 0.2) is 23.0 Å². The van der Waals surface area contributed by atoms with Crippen LogP contribution in [0.25, 0.3) is 0 Å². The standard InChI is InChI=1S/C18H22N4O4/c23-17(12-22-18(24)21-8-3-1-2-5-16(21)20-22)19-13-6-7-14-15(11-13)26-10-4-9-25-14/h6-7,11H,1-5,8-10,12H2,(H,19,23). The first-order chi connectivity index (χ1) is 12.7. The zero-order valence-electron chi connectivity index (χ0n) is 14.6. The number of carbonyl (C=O) groups is 1. The molecule has 4 rings (SSSR count). The highest BCUT2D eigenvalue weighted by molar-refractivity contribution is 5.90. The highest BCUT2D eigenvalue weighted by atomic mass is 16.5. The van der Waals surface area contributed by atoms with Crippen molar-refractivity contribution in [2.45, 2.75) is 45.2 Å². The van der Waals surface area contributed by atoms with Crippen molar-refractivity contribution in [1.29, 1.82) is 0 Å². The SMILES string of the molecule is O=C(Cn1nc2n(c1=O)CCCCC2)Nc1ccc2c(c1)OCCCO2. The number of rotatable bonds is 3. The summed E-state index contributed by atoms with van der Waals surface area (Å²) < 4.78 is 14.1. The molecular weight excluding hydrogens is 336 g/mol. The summed E-state index contributed by atoms with van der Waals surface area (Å²) >= 11 is 0. The largest absolute Gasteiger partial charge is 0.490 e. The molecule has 138 valence electrons. The van der Waals surface area contributed by atoms with Gasteiger partial charge in [-0.1, -0.05) is 6.42 Å². The monoisotopic (exact) mass is 358 g/mol. The normalized spacial score (nSPS) is 16.3. The third kappa shape index (κ3) is 3.44. The van der Waals surface area contributed by atoms with Gasteiger partial charge in [-0.2, -0.15) is 5.10 Å². The van der Waals surface area contributed by atoms with Crippen molar-refractivity contribution >= 4 is 11.6 Å². The van der Waals surface area contributed by atoms with E-state index in [0.29, 0.717) is 36.9 Å². The molecule has 1 aromatic heterocycles. The number of ether oxygens (including phenoxy) is 2. The van der Waals surface area contributed by atoms with Gasteiger partial charge in [0.25, 0.3) is 0 Å². The number of benzene rings is 1. The molecule has 1 N–H and O–H groups in total. The maximum absolute atomic E-state index is 12.4. The Morgan fingerprint density at radius 2 is 1.96 bits per heavy atom. The van der Waals surface area contributed by atoms with Crippen LogP contribution in [-0.4, -0.2) is 33.5 Å². The van der Waals surface area contributed by atoms with Crippen molar-refractivity contribution in [3.8, 4) is 11.5 Å². The summed E-state index contributed by atoms with van der Waals surface area (Å²) in [4.78, 5) is 24.8. The molecular formula is C18H22N4O4. The third-order valence-corrected chi connectivity index (χ3v) is 4.61. The predicted molar refractivity (Wildman–Crippen MR) is 94.7 cm³/mol. The van der Waals surface area contributed by atoms with Gasteiger partial charge in [-0.3, -0.25) is 9.36 Å². The molecule has 2 aliphatic heterocycles. The topological polar surface area (TPSA) is 87.4 Å². The van der Waals surface area contributed by atoms with Crippen LogP contribution < -0.4 is 20.5 Å². The first-order valence-electron chi connectivity index (χ1n) is 9.07. The molecule has 3 heterocycles. The molecule has 1 aromatic carbocycles. The number of anilines is 1. The van der Waals surface area contributed by atoms with Crippen molar-refractivity contribution in [1.82, 2.24) is 14.3 Å². The molecule has 26 heavy (non-hydrogen) atoms. The summed E-state index contributed by atoms with van der Waals surface area (Å²) in [6, 6.07) is 5.28. The lowest BCUT2D eigenvalue weighted by atomic mass is 10.2. The average Bonchev–Trinajstić information content (AvgIpc) is 2.87. The number of nitrogens with one attached hydrogen (secondary N) is 1. The van der Waals surface area contributed by atoms with Gasteiger partial charge in [0.2, 0.25) is 5.91 Å². The number of carbonyl (C=O) groups excluding carboxylic acids is 1. The fourth-order valence-corrected chi connectivity index (χ4v) is 3.31. The van der Waals surface area contributed by atoms with E-state index in [2.05, 4.69) is 10.4 Å². The third-order valence-electron chi connectivity index (χ3n) is 4.61. The summed E-state index contributed by atoms with van der Waals surface area (Å²) in [5.41, 5.74) is 0.392. The molecule has 0 fully saturated rings. The quantitative estimate of drug-likeness (QED) is 0.900. The first-order valence-corrected chi connectivity index (χ1v) is 9.07. The summed E-state index contributed by atoms with van der Waals surface area (Å²) in [5, 5.41) is 7.13. The van der Waals surface area contributed by atoms with Crippen LogP contribution >= 0.6 is 0 Å². The Hall–Kier alpha value is -2.77. The number of aromatic nitrogens is 3. The molecule has 0 atom stereocenters. The van der Waals surface area contributed by atoms with Gasteiger partial charge in [-0.05, 0) is 25.0 Å². The second kappa shape index (κ2) is 7.23. The molecule has 1 amide bonds. The second-order valence-corrected chi connectivity index (χ2v) is 6.58. The van der Waals surface area contributed by atoms with Crippen LogP contribution in [0.5, 0.6) is 11.5 Å². The van der Waals surface area contributed by atoms with Crippen LogP contribution in [0.3, 0.4) is 0 Å². The van der Waals surface area contributed by atoms with E-state index < -0.39 is 0 Å². The maximum Gasteiger partial charge on any atom is 0.346 e. The van der Waals surface area contributed by atoms with Gasteiger partial charge >= 0.3 is 5.69 Å². The molecule has 0 spiro atoms. The number of fused-ring (bicyclic) bond motifs is 2. The van der Waals surface area contributed by atoms with E-state index in [4.69, 9.17) is 9.47 Å². The zero-order chi connectivity index (χ0) is 17.9. The fraction of sp³-hybridized carbons (Fsp3) is 0.500. The number of amides is 1. The summed E-state index contributed by atoms with van der Waals surface area (Å²) in [5.74, 6) is 1.77. The van der Waals surface area contributed by atoms with E-state index >= 15 is 0 Å². The Morgan fingerprint density at radius 1 is 1.12 bits per heavy atom. The van der Waals surface area contributed by atoms with E-state index in [9.17, 15) is 9.59 Å². The van der Waals surface area contributed by atoms with Gasteiger partial charge in [-0.15, -0.1) is 0 Å². The molecule has 0 radical (unpaired) electrons. The fourth-order valence-electron chi connectivity index (χ4n) is 3.31. The molecule has 0 saturated carbocycles. The molecule has 2 aromatic rings. The van der Waals surface area contributed by atoms with Crippen molar-refractivity contribution in [2.75, 3.05) is 18.5 Å². The number of nitrogens with zero attached hydrogens (tertiary/aromatic N) is 3. The molecule has 8 nitrogen and oxygen atoms in total. The molecule has 0 bridgehead atoms. The lowest BCUT2D eigenvalue weighted by molar-refractivity contribution is -0.117. The van der Waals surface area contributed by atoms with Crippen LogP contribution in [0.2, 0.25) is 0 Å². The van der Waals surface area contributed by atoms with Crippen molar-refractivity contribution in [3.63, 3.8) is 0 Å². The predicted octanol–water partition coefficient (Wildman–Crippen LogP) is 1.57. The molecule has 2 aliphatic rings. The Balaban J connectivity index is 1.46. The zero-order valence-corrected chi connectivity index (χ0v) is 14.6. The van der Waals surface area contributed by atoms with E-state index in [1.807, 2.05) is 0 Å². The molecule has 0 aliphatic carbocycles. The highest BCUT2D eigenvalue weighted by Crippen LogP contribution is 2.32. The van der Waals surface area contributed by atoms with Gasteiger partial charge < -0.3 is 14.8 Å². The second-order valence-electron chi connectivity index (χ2n) is 6.58. The van der Waals surface area contributed by atoms with Crippen molar-refractivity contribution < 1.29 is 14.3 Å². The first kappa shape index (κ1) is 16.7. The summed E-state index contributed by atoms with van der Waals surface area (Å²) in [6.45, 7) is 1.78. The van der Waals surface area contributed by atoms with E-state index in [0.717, 1.165) is 37.9 Å². The van der Waals surface area contributed by atoms with E-state index in [-0.39, 0.29) is 18.1 Å². The summed E-state index contributed by atoms with van der Waals surface area (Å²) in [6.07, 6.45) is 4.71. The van der Waals surface area contributed by atoms with E-state index in [1.165, 1.54) is 4.68 Å². The minimum absolute atomic E-state index is 0.104. The summed E-state index contributed by atoms with van der Waals surface area (Å²) in [7, 11) is 0. The minimum atomic E-state index is -0.296. The van der Waals surface area contributed by atoms with Gasteiger partial charge in [0.05, 0.1) is 13.2 Å². The lowest BCUT2D eigenvalue weighted by Crippen LogP contribution is -2.30. The number of aryl methyl sites for hydroxylation is 1. The van der Waals surface area contributed by atoms with E-state index in [1.54, 1.807) is 22.8 Å². The van der Waals surface area contributed by atoms with Gasteiger partial charge in [0.1, 0.15) is 12.4 Å². The Labute approximate surface area is 150 Å². The van der Waals surface area contributed by atoms with Gasteiger partial charge in [0.15, 0.2) is 11.5 Å². The minimum Gasteiger partial charge on any atom is -0.490 e. The number of hydrogen-bond donors (Lipinski definition) is 1. The van der Waals surface area contributed by atoms with Crippen LogP contribution in [-0.2, 0) is 24.3 Å². The molecule has 0 unspecified atom stereocenters. The van der Waals surface area contributed by atoms with Crippen LogP contribution in [0, 0.1) is 0 Å². The Bertz CT molecular complexity index is 871. The maximum atomic E-state index is 12.4. The van der Waals surface area contributed by atoms with Crippen LogP contribution in [0.4, 0.5) is 5.69 Å². The Morgan fingerprint density at radius 3 is 2.85 bits per heavy atom. The van der Waals surface area contributed by atoms with Gasteiger partial charge in [0, 0.05) is 31.1 Å². The Kier molecular flexibility index (Phi) is 4.64. The molecule has 8 heteroatoms. The lowest BCUT2D eigenvalue weighted by Gasteiger charge is -2.10. The number of hydrogen-bond acceptors (Lipinski definition) is 5. The smallest absolute Gasteiger partial charge is 0.346 e. The van der Waals surface area contributed by atoms with Crippen molar-refractivity contribution in [3.05, 3.63) is 34.5 Å². The highest BCUT2D eigenvalue weighted by Gasteiger charge is 2.18. The van der Waals surface area contributed by atoms with Crippen LogP contribution in [0.1, 0.15) is 31.5 Å².